The summed E-state index contributed by atoms with van der Waals surface area (Å²) >= 11 is 6.33. The molecule has 0 N–H and O–H groups in total. The van der Waals surface area contributed by atoms with Gasteiger partial charge in [0.15, 0.2) is 0 Å². The highest BCUT2D eigenvalue weighted by molar-refractivity contribution is 7.99. The van der Waals surface area contributed by atoms with Crippen molar-refractivity contribution in [2.75, 3.05) is 11.5 Å². The Hall–Kier alpha value is -0.230. The largest absolute Gasteiger partial charge is 0.217 e. The fourth-order valence-corrected chi connectivity index (χ4v) is 4.72. The highest BCUT2D eigenvalue weighted by atomic mass is 32.2. The zero-order chi connectivity index (χ0) is 12.4. The van der Waals surface area contributed by atoms with E-state index >= 15 is 0 Å². The van der Waals surface area contributed by atoms with Gasteiger partial charge < -0.3 is 0 Å². The maximum absolute atomic E-state index is 4.51. The minimum absolute atomic E-state index is 0.445. The van der Waals surface area contributed by atoms with Gasteiger partial charge in [-0.05, 0) is 47.3 Å². The van der Waals surface area contributed by atoms with E-state index in [1.54, 1.807) is 0 Å². The van der Waals surface area contributed by atoms with Crippen LogP contribution in [0.3, 0.4) is 0 Å². The molecular formula is C12H20N4S2. The second-order valence-electron chi connectivity index (χ2n) is 5.64. The maximum Gasteiger partial charge on any atom is 0.209 e. The molecule has 2 fully saturated rings. The molecule has 0 unspecified atom stereocenters. The van der Waals surface area contributed by atoms with Gasteiger partial charge in [-0.1, -0.05) is 31.0 Å². The molecule has 2 aliphatic rings. The summed E-state index contributed by atoms with van der Waals surface area (Å²) in [6.45, 7) is 0. The van der Waals surface area contributed by atoms with Gasteiger partial charge in [0.05, 0.1) is 6.04 Å². The van der Waals surface area contributed by atoms with Gasteiger partial charge in [0.1, 0.15) is 0 Å². The fourth-order valence-electron chi connectivity index (χ4n) is 2.90. The number of aromatic nitrogens is 4. The van der Waals surface area contributed by atoms with Crippen LogP contribution in [0.1, 0.15) is 51.0 Å². The zero-order valence-corrected chi connectivity index (χ0v) is 12.3. The molecule has 0 saturated heterocycles. The van der Waals surface area contributed by atoms with Crippen LogP contribution < -0.4 is 0 Å². The van der Waals surface area contributed by atoms with Crippen LogP contribution in [0, 0.1) is 5.41 Å². The first-order valence-corrected chi connectivity index (χ1v) is 8.46. The fraction of sp³-hybridized carbons (Fsp3) is 0.917. The Bertz CT molecular complexity index is 391. The van der Waals surface area contributed by atoms with E-state index in [-0.39, 0.29) is 0 Å². The Labute approximate surface area is 118 Å². The lowest BCUT2D eigenvalue weighted by Gasteiger charge is -2.40. The van der Waals surface area contributed by atoms with Crippen molar-refractivity contribution in [2.24, 2.45) is 5.41 Å². The van der Waals surface area contributed by atoms with E-state index in [0.717, 1.165) is 16.7 Å². The first-order valence-electron chi connectivity index (χ1n) is 6.85. The molecule has 18 heavy (non-hydrogen) atoms. The van der Waals surface area contributed by atoms with E-state index in [1.165, 1.54) is 44.9 Å². The van der Waals surface area contributed by atoms with Gasteiger partial charge in [0.2, 0.25) is 5.16 Å². The average Bonchev–Trinajstić information content (AvgIpc) is 2.98. The lowest BCUT2D eigenvalue weighted by molar-refractivity contribution is 0.205. The molecule has 3 rings (SSSR count). The lowest BCUT2D eigenvalue weighted by atomic mass is 9.72. The van der Waals surface area contributed by atoms with Crippen molar-refractivity contribution in [3.8, 4) is 0 Å². The highest BCUT2D eigenvalue weighted by Gasteiger charge is 2.36. The van der Waals surface area contributed by atoms with Gasteiger partial charge in [0.25, 0.3) is 0 Å². The van der Waals surface area contributed by atoms with Crippen molar-refractivity contribution in [1.29, 1.82) is 0 Å². The molecule has 2 aliphatic carbocycles. The summed E-state index contributed by atoms with van der Waals surface area (Å²) in [7, 11) is 0. The minimum atomic E-state index is 0.445. The summed E-state index contributed by atoms with van der Waals surface area (Å²) in [6, 6.07) is 0.538. The SMILES string of the molecule is SCC1(CSc2nnnn2C2CCCC2)CCC1. The normalized spacial score (nSPS) is 23.2. The van der Waals surface area contributed by atoms with Crippen LogP contribution in [0.4, 0.5) is 0 Å². The third-order valence-corrected chi connectivity index (χ3v) is 6.34. The molecule has 0 amide bonds. The van der Waals surface area contributed by atoms with Gasteiger partial charge in [0, 0.05) is 5.75 Å². The molecular weight excluding hydrogens is 264 g/mol. The Kier molecular flexibility index (Phi) is 3.84. The van der Waals surface area contributed by atoms with E-state index < -0.39 is 0 Å². The highest BCUT2D eigenvalue weighted by Crippen LogP contribution is 2.45. The van der Waals surface area contributed by atoms with Crippen LogP contribution in [0.5, 0.6) is 0 Å². The smallest absolute Gasteiger partial charge is 0.209 e. The predicted octanol–water partition coefficient (Wildman–Crippen LogP) is 2.98. The van der Waals surface area contributed by atoms with Gasteiger partial charge in [-0.2, -0.15) is 12.6 Å². The van der Waals surface area contributed by atoms with Crippen LogP contribution in [0.25, 0.3) is 0 Å². The minimum Gasteiger partial charge on any atom is -0.217 e. The lowest BCUT2D eigenvalue weighted by Crippen LogP contribution is -2.34. The standard InChI is InChI=1S/C12H20N4S2/c17-8-12(6-3-7-12)9-18-11-13-14-15-16(11)10-4-1-2-5-10/h10,17H,1-9H2. The molecule has 0 atom stereocenters. The molecule has 2 saturated carbocycles. The molecule has 0 aromatic carbocycles. The first-order chi connectivity index (χ1) is 8.83. The second-order valence-corrected chi connectivity index (χ2v) is 6.90. The van der Waals surface area contributed by atoms with Gasteiger partial charge in [-0.25, -0.2) is 4.68 Å². The number of tetrazole rings is 1. The van der Waals surface area contributed by atoms with E-state index in [0.29, 0.717) is 11.5 Å². The van der Waals surface area contributed by atoms with Crippen LogP contribution >= 0.6 is 24.4 Å². The van der Waals surface area contributed by atoms with Crippen molar-refractivity contribution in [3.63, 3.8) is 0 Å². The van der Waals surface area contributed by atoms with Gasteiger partial charge in [-0.3, -0.25) is 0 Å². The van der Waals surface area contributed by atoms with E-state index in [2.05, 4.69) is 32.8 Å². The Morgan fingerprint density at radius 1 is 1.28 bits per heavy atom. The van der Waals surface area contributed by atoms with Gasteiger partial charge >= 0.3 is 0 Å². The number of nitrogens with zero attached hydrogens (tertiary/aromatic N) is 4. The number of thiol groups is 1. The molecule has 1 heterocycles. The molecule has 6 heteroatoms. The monoisotopic (exact) mass is 284 g/mol. The van der Waals surface area contributed by atoms with Crippen LogP contribution in [0.2, 0.25) is 0 Å². The first kappa shape index (κ1) is 12.8. The Balaban J connectivity index is 1.64. The van der Waals surface area contributed by atoms with E-state index in [4.69, 9.17) is 0 Å². The maximum atomic E-state index is 4.51. The quantitative estimate of drug-likeness (QED) is 0.667. The summed E-state index contributed by atoms with van der Waals surface area (Å²) in [5.41, 5.74) is 0.445. The van der Waals surface area contributed by atoms with Crippen LogP contribution in [0.15, 0.2) is 5.16 Å². The van der Waals surface area contributed by atoms with Crippen molar-refractivity contribution in [3.05, 3.63) is 0 Å². The third kappa shape index (κ3) is 2.41. The molecule has 1 aromatic rings. The van der Waals surface area contributed by atoms with E-state index in [1.807, 2.05) is 11.8 Å². The predicted molar refractivity (Wildman–Crippen MR) is 76.2 cm³/mol. The second kappa shape index (κ2) is 5.41. The van der Waals surface area contributed by atoms with Gasteiger partial charge in [-0.15, -0.1) is 5.10 Å². The number of hydrogen-bond acceptors (Lipinski definition) is 5. The molecule has 0 aliphatic heterocycles. The third-order valence-electron chi connectivity index (χ3n) is 4.39. The molecule has 0 radical (unpaired) electrons. The summed E-state index contributed by atoms with van der Waals surface area (Å²) < 4.78 is 2.06. The van der Waals surface area contributed by atoms with Crippen LogP contribution in [-0.2, 0) is 0 Å². The number of hydrogen-bond donors (Lipinski definition) is 1. The van der Waals surface area contributed by atoms with Crippen molar-refractivity contribution >= 4 is 24.4 Å². The molecule has 1 aromatic heterocycles. The number of thioether (sulfide) groups is 1. The summed E-state index contributed by atoms with van der Waals surface area (Å²) in [6.07, 6.45) is 9.08. The molecule has 0 spiro atoms. The summed E-state index contributed by atoms with van der Waals surface area (Å²) in [5, 5.41) is 13.2. The van der Waals surface area contributed by atoms with E-state index in [9.17, 15) is 0 Å². The van der Waals surface area contributed by atoms with Crippen molar-refractivity contribution < 1.29 is 0 Å². The van der Waals surface area contributed by atoms with Crippen molar-refractivity contribution in [1.82, 2.24) is 20.2 Å². The topological polar surface area (TPSA) is 43.6 Å². The summed E-state index contributed by atoms with van der Waals surface area (Å²) in [4.78, 5) is 0. The molecule has 4 nitrogen and oxygen atoms in total. The molecule has 0 bridgehead atoms. The van der Waals surface area contributed by atoms with Crippen molar-refractivity contribution in [2.45, 2.75) is 56.1 Å². The zero-order valence-electron chi connectivity index (χ0n) is 10.6. The number of rotatable bonds is 5. The Morgan fingerprint density at radius 3 is 2.67 bits per heavy atom. The van der Waals surface area contributed by atoms with Crippen LogP contribution in [-0.4, -0.2) is 31.7 Å². The Morgan fingerprint density at radius 2 is 2.06 bits per heavy atom. The summed E-state index contributed by atoms with van der Waals surface area (Å²) in [5.74, 6) is 2.11. The molecule has 100 valence electrons. The average molecular weight is 284 g/mol.